The summed E-state index contributed by atoms with van der Waals surface area (Å²) in [4.78, 5) is 35.5. The zero-order valence-corrected chi connectivity index (χ0v) is 17.9. The third-order valence-corrected chi connectivity index (χ3v) is 5.52. The van der Waals surface area contributed by atoms with E-state index in [1.165, 1.54) is 63.6 Å². The van der Waals surface area contributed by atoms with Gasteiger partial charge in [0.15, 0.2) is 6.61 Å². The molecule has 0 aliphatic carbocycles. The Hall–Kier alpha value is -3.44. The molecule has 0 heterocycles. The quantitative estimate of drug-likeness (QED) is 0.546. The number of hydrogen-bond donors (Lipinski definition) is 2. The van der Waals surface area contributed by atoms with Crippen molar-refractivity contribution in [2.24, 2.45) is 0 Å². The first-order valence-corrected chi connectivity index (χ1v) is 10.5. The molecule has 31 heavy (non-hydrogen) atoms. The summed E-state index contributed by atoms with van der Waals surface area (Å²) in [5.74, 6) is -1.69. The summed E-state index contributed by atoms with van der Waals surface area (Å²) in [7, 11) is -1.30. The van der Waals surface area contributed by atoms with Crippen LogP contribution in [0.3, 0.4) is 0 Å². The minimum atomic E-state index is -3.98. The monoisotopic (exact) mass is 450 g/mol. The van der Waals surface area contributed by atoms with Crippen LogP contribution in [0, 0.1) is 0 Å². The summed E-state index contributed by atoms with van der Waals surface area (Å²) in [6, 6.07) is 10.4. The van der Waals surface area contributed by atoms with E-state index in [4.69, 9.17) is 9.47 Å². The summed E-state index contributed by atoms with van der Waals surface area (Å²) in [5, 5.41) is 2.47. The van der Waals surface area contributed by atoms with Crippen molar-refractivity contribution in [3.05, 3.63) is 54.1 Å². The number of ether oxygens (including phenoxy) is 3. The molecular weight excluding hydrogens is 428 g/mol. The lowest BCUT2D eigenvalue weighted by Crippen LogP contribution is -2.40. The lowest BCUT2D eigenvalue weighted by atomic mass is 10.2. The Bertz CT molecular complexity index is 1050. The van der Waals surface area contributed by atoms with Gasteiger partial charge in [0, 0.05) is 5.69 Å². The number of rotatable bonds is 9. The molecule has 1 atom stereocenters. The fourth-order valence-corrected chi connectivity index (χ4v) is 3.60. The first-order valence-electron chi connectivity index (χ1n) is 8.97. The highest BCUT2D eigenvalue weighted by atomic mass is 32.2. The Kier molecular flexibility index (Phi) is 8.11. The predicted octanol–water partition coefficient (Wildman–Crippen LogP) is 1.33. The third kappa shape index (κ3) is 6.79. The average Bonchev–Trinajstić information content (AvgIpc) is 2.76. The van der Waals surface area contributed by atoms with E-state index in [0.29, 0.717) is 11.4 Å². The summed E-state index contributed by atoms with van der Waals surface area (Å²) < 4.78 is 41.3. The van der Waals surface area contributed by atoms with Gasteiger partial charge in [0.25, 0.3) is 5.91 Å². The second kappa shape index (κ2) is 10.5. The number of anilines is 1. The molecule has 0 radical (unpaired) electrons. The van der Waals surface area contributed by atoms with Crippen molar-refractivity contribution in [1.29, 1.82) is 0 Å². The average molecular weight is 450 g/mol. The number of carbonyl (C=O) groups is 3. The highest BCUT2D eigenvalue weighted by Gasteiger charge is 2.24. The fourth-order valence-electron chi connectivity index (χ4n) is 2.40. The van der Waals surface area contributed by atoms with Gasteiger partial charge in [-0.1, -0.05) is 6.07 Å². The SMILES string of the molecule is COC(=O)c1cccc(NC(=O)COC(=O)[C@H](C)NS(=O)(=O)c2ccc(OC)cc2)c1. The van der Waals surface area contributed by atoms with Crippen LogP contribution >= 0.6 is 0 Å². The van der Waals surface area contributed by atoms with Crippen molar-refractivity contribution in [2.45, 2.75) is 17.9 Å². The van der Waals surface area contributed by atoms with Crippen LogP contribution in [0.2, 0.25) is 0 Å². The van der Waals surface area contributed by atoms with Crippen LogP contribution in [0.25, 0.3) is 0 Å². The lowest BCUT2D eigenvalue weighted by Gasteiger charge is -2.14. The van der Waals surface area contributed by atoms with E-state index in [1.807, 2.05) is 0 Å². The van der Waals surface area contributed by atoms with Crippen molar-refractivity contribution in [1.82, 2.24) is 4.72 Å². The van der Waals surface area contributed by atoms with Gasteiger partial charge in [0.05, 0.1) is 24.7 Å². The van der Waals surface area contributed by atoms with Crippen LogP contribution < -0.4 is 14.8 Å². The van der Waals surface area contributed by atoms with E-state index < -0.39 is 40.5 Å². The zero-order chi connectivity index (χ0) is 23.0. The van der Waals surface area contributed by atoms with Gasteiger partial charge in [0.2, 0.25) is 10.0 Å². The number of carbonyl (C=O) groups excluding carboxylic acids is 3. The Morgan fingerprint density at radius 2 is 1.71 bits per heavy atom. The largest absolute Gasteiger partial charge is 0.497 e. The molecule has 2 aromatic carbocycles. The smallest absolute Gasteiger partial charge is 0.337 e. The second-order valence-corrected chi connectivity index (χ2v) is 7.96. The zero-order valence-electron chi connectivity index (χ0n) is 17.1. The molecule has 166 valence electrons. The Morgan fingerprint density at radius 1 is 1.03 bits per heavy atom. The third-order valence-electron chi connectivity index (χ3n) is 3.97. The first kappa shape index (κ1) is 23.8. The molecule has 0 fully saturated rings. The van der Waals surface area contributed by atoms with E-state index in [2.05, 4.69) is 14.8 Å². The normalized spacial score (nSPS) is 11.8. The highest BCUT2D eigenvalue weighted by molar-refractivity contribution is 7.89. The van der Waals surface area contributed by atoms with E-state index in [-0.39, 0.29) is 10.5 Å². The molecule has 0 aliphatic heterocycles. The van der Waals surface area contributed by atoms with E-state index >= 15 is 0 Å². The number of sulfonamides is 1. The fraction of sp³-hybridized carbons (Fsp3) is 0.250. The molecule has 1 amide bonds. The molecule has 2 N–H and O–H groups in total. The minimum Gasteiger partial charge on any atom is -0.497 e. The van der Waals surface area contributed by atoms with Gasteiger partial charge < -0.3 is 19.5 Å². The number of hydrogen-bond acceptors (Lipinski definition) is 8. The maximum Gasteiger partial charge on any atom is 0.337 e. The standard InChI is InChI=1S/C20H22N2O8S/c1-13(22-31(26,27)17-9-7-16(28-2)8-10-17)19(24)30-12-18(23)21-15-6-4-5-14(11-15)20(25)29-3/h4-11,13,22H,12H2,1-3H3,(H,21,23)/t13-/m0/s1. The van der Waals surface area contributed by atoms with Crippen molar-refractivity contribution >= 4 is 33.6 Å². The topological polar surface area (TPSA) is 137 Å². The molecule has 0 spiro atoms. The van der Waals surface area contributed by atoms with Gasteiger partial charge in [-0.2, -0.15) is 4.72 Å². The molecule has 10 nitrogen and oxygen atoms in total. The number of nitrogens with one attached hydrogen (secondary N) is 2. The second-order valence-electron chi connectivity index (χ2n) is 6.25. The molecule has 0 bridgehead atoms. The molecular formula is C20H22N2O8S. The Morgan fingerprint density at radius 3 is 2.32 bits per heavy atom. The molecule has 0 saturated heterocycles. The molecule has 2 rings (SSSR count). The van der Waals surface area contributed by atoms with Crippen LogP contribution in [0.15, 0.2) is 53.4 Å². The van der Waals surface area contributed by atoms with Gasteiger partial charge in [-0.25, -0.2) is 13.2 Å². The van der Waals surface area contributed by atoms with E-state index in [0.717, 1.165) is 0 Å². The summed E-state index contributed by atoms with van der Waals surface area (Å²) in [5.41, 5.74) is 0.538. The Balaban J connectivity index is 1.89. The number of amides is 1. The molecule has 0 unspecified atom stereocenters. The Labute approximate surface area is 179 Å². The van der Waals surface area contributed by atoms with Crippen molar-refractivity contribution in [3.8, 4) is 5.75 Å². The van der Waals surface area contributed by atoms with Gasteiger partial charge in [0.1, 0.15) is 11.8 Å². The molecule has 0 saturated carbocycles. The van der Waals surface area contributed by atoms with Gasteiger partial charge in [-0.05, 0) is 49.4 Å². The van der Waals surface area contributed by atoms with Gasteiger partial charge >= 0.3 is 11.9 Å². The first-order chi connectivity index (χ1) is 14.7. The highest BCUT2D eigenvalue weighted by Crippen LogP contribution is 2.16. The van der Waals surface area contributed by atoms with E-state index in [1.54, 1.807) is 6.07 Å². The van der Waals surface area contributed by atoms with Crippen LogP contribution in [0.5, 0.6) is 5.75 Å². The van der Waals surface area contributed by atoms with Gasteiger partial charge in [-0.3, -0.25) is 9.59 Å². The number of benzene rings is 2. The number of esters is 2. The van der Waals surface area contributed by atoms with Gasteiger partial charge in [-0.15, -0.1) is 0 Å². The number of methoxy groups -OCH3 is 2. The molecule has 2 aromatic rings. The van der Waals surface area contributed by atoms with Crippen molar-refractivity contribution in [3.63, 3.8) is 0 Å². The molecule has 0 aromatic heterocycles. The maximum atomic E-state index is 12.4. The maximum absolute atomic E-state index is 12.4. The van der Waals surface area contributed by atoms with Crippen LogP contribution in [-0.4, -0.2) is 53.1 Å². The van der Waals surface area contributed by atoms with E-state index in [9.17, 15) is 22.8 Å². The minimum absolute atomic E-state index is 0.0591. The molecule has 0 aliphatic rings. The van der Waals surface area contributed by atoms with Crippen LogP contribution in [0.4, 0.5) is 5.69 Å². The lowest BCUT2D eigenvalue weighted by molar-refractivity contribution is -0.148. The van der Waals surface area contributed by atoms with Crippen molar-refractivity contribution in [2.75, 3.05) is 26.1 Å². The van der Waals surface area contributed by atoms with Crippen molar-refractivity contribution < 1.29 is 37.0 Å². The summed E-state index contributed by atoms with van der Waals surface area (Å²) >= 11 is 0. The predicted molar refractivity (Wildman–Crippen MR) is 110 cm³/mol. The van der Waals surface area contributed by atoms with Crippen LogP contribution in [0.1, 0.15) is 17.3 Å². The summed E-state index contributed by atoms with van der Waals surface area (Å²) in [6.45, 7) is 0.650. The molecule has 11 heteroatoms. The van der Waals surface area contributed by atoms with Crippen LogP contribution in [-0.2, 0) is 29.1 Å². The summed E-state index contributed by atoms with van der Waals surface area (Å²) in [6.07, 6.45) is 0.